The number of hydrogen-bond donors (Lipinski definition) is 0. The molecular weight excluding hydrogens is 294 g/mol. The minimum Gasteiger partial charge on any atom is -0.341 e. The summed E-state index contributed by atoms with van der Waals surface area (Å²) in [6.45, 7) is 2.98. The summed E-state index contributed by atoms with van der Waals surface area (Å²) in [6, 6.07) is 14.7. The number of hydrogen-bond acceptors (Lipinski definition) is 3. The Hall–Kier alpha value is -1.81. The van der Waals surface area contributed by atoms with E-state index in [1.165, 1.54) is 28.1 Å². The maximum atomic E-state index is 12.0. The molecule has 2 aromatic carbocycles. The average molecular weight is 313 g/mol. The number of nitrogens with zero attached hydrogens (tertiary/aromatic N) is 1. The molecule has 4 heteroatoms. The maximum absolute atomic E-state index is 12.0. The van der Waals surface area contributed by atoms with Crippen molar-refractivity contribution in [3.8, 4) is 0 Å². The van der Waals surface area contributed by atoms with Gasteiger partial charge in [0.15, 0.2) is 5.12 Å². The number of amides is 1. The number of rotatable bonds is 4. The van der Waals surface area contributed by atoms with Crippen molar-refractivity contribution in [3.63, 3.8) is 0 Å². The summed E-state index contributed by atoms with van der Waals surface area (Å²) in [6.07, 6.45) is 1.34. The van der Waals surface area contributed by atoms with Crippen molar-refractivity contribution < 1.29 is 9.59 Å². The molecule has 0 N–H and O–H groups in total. The van der Waals surface area contributed by atoms with E-state index >= 15 is 0 Å². The van der Waals surface area contributed by atoms with Gasteiger partial charge in [-0.1, -0.05) is 54.2 Å². The van der Waals surface area contributed by atoms with Gasteiger partial charge in [0, 0.05) is 31.7 Å². The van der Waals surface area contributed by atoms with Gasteiger partial charge in [-0.05, 0) is 22.8 Å². The fourth-order valence-electron chi connectivity index (χ4n) is 2.92. The van der Waals surface area contributed by atoms with E-state index in [9.17, 15) is 9.59 Å². The minimum atomic E-state index is 0.0918. The predicted molar refractivity (Wildman–Crippen MR) is 90.9 cm³/mol. The molecule has 0 aliphatic carbocycles. The van der Waals surface area contributed by atoms with Gasteiger partial charge in [0.05, 0.1) is 0 Å². The summed E-state index contributed by atoms with van der Waals surface area (Å²) in [5.74, 6) is 0.166. The van der Waals surface area contributed by atoms with E-state index in [0.29, 0.717) is 13.0 Å². The molecule has 1 saturated heterocycles. The van der Waals surface area contributed by atoms with Crippen LogP contribution in [0, 0.1) is 0 Å². The minimum absolute atomic E-state index is 0.0918. The van der Waals surface area contributed by atoms with Gasteiger partial charge in [-0.25, -0.2) is 0 Å². The highest BCUT2D eigenvalue weighted by molar-refractivity contribution is 8.14. The predicted octanol–water partition coefficient (Wildman–Crippen LogP) is 3.26. The number of benzene rings is 2. The molecule has 1 fully saturated rings. The summed E-state index contributed by atoms with van der Waals surface area (Å²) in [4.78, 5) is 25.0. The second kappa shape index (κ2) is 6.53. The van der Waals surface area contributed by atoms with Crippen LogP contribution in [0.3, 0.4) is 0 Å². The summed E-state index contributed by atoms with van der Waals surface area (Å²) >= 11 is 1.29. The zero-order valence-corrected chi connectivity index (χ0v) is 13.4. The van der Waals surface area contributed by atoms with Crippen LogP contribution in [0.25, 0.3) is 10.8 Å². The summed E-state index contributed by atoms with van der Waals surface area (Å²) in [5.41, 5.74) is 1.24. The van der Waals surface area contributed by atoms with Crippen LogP contribution in [0.15, 0.2) is 42.5 Å². The van der Waals surface area contributed by atoms with E-state index < -0.39 is 0 Å². The molecular formula is C18H19NO2S. The van der Waals surface area contributed by atoms with Crippen molar-refractivity contribution >= 4 is 33.6 Å². The average Bonchev–Trinajstić information content (AvgIpc) is 2.84. The van der Waals surface area contributed by atoms with Crippen LogP contribution < -0.4 is 0 Å². The largest absolute Gasteiger partial charge is 0.341 e. The molecule has 1 amide bonds. The molecule has 0 spiro atoms. The third-order valence-electron chi connectivity index (χ3n) is 4.00. The van der Waals surface area contributed by atoms with Crippen LogP contribution in [0.4, 0.5) is 0 Å². The highest BCUT2D eigenvalue weighted by atomic mass is 32.2. The molecule has 0 radical (unpaired) electrons. The van der Waals surface area contributed by atoms with Crippen molar-refractivity contribution in [2.75, 3.05) is 13.1 Å². The molecule has 1 aliphatic rings. The first-order valence-electron chi connectivity index (χ1n) is 7.54. The van der Waals surface area contributed by atoms with Gasteiger partial charge in [-0.15, -0.1) is 0 Å². The fourth-order valence-corrected chi connectivity index (χ4v) is 3.87. The third-order valence-corrected chi connectivity index (χ3v) is 4.98. The standard InChI is InChI=1S/C18H19NO2S/c1-13(20)22-17-11-18(21)19(12-17)9-8-14-6-7-15-4-2-3-5-16(15)10-14/h2-7,10,17H,8-9,11-12H2,1H3. The van der Waals surface area contributed by atoms with Gasteiger partial charge in [0.1, 0.15) is 0 Å². The van der Waals surface area contributed by atoms with Crippen molar-refractivity contribution in [2.45, 2.75) is 25.0 Å². The van der Waals surface area contributed by atoms with Crippen LogP contribution in [0.1, 0.15) is 18.9 Å². The first kappa shape index (κ1) is 15.1. The summed E-state index contributed by atoms with van der Waals surface area (Å²) in [5, 5.41) is 2.69. The Morgan fingerprint density at radius 1 is 1.23 bits per heavy atom. The van der Waals surface area contributed by atoms with Gasteiger partial charge in [-0.2, -0.15) is 0 Å². The lowest BCUT2D eigenvalue weighted by Crippen LogP contribution is -2.27. The quantitative estimate of drug-likeness (QED) is 0.869. The molecule has 0 aromatic heterocycles. The normalized spacial score (nSPS) is 18.1. The van der Waals surface area contributed by atoms with Gasteiger partial charge < -0.3 is 4.90 Å². The molecule has 1 atom stereocenters. The Labute approximate surface area is 134 Å². The van der Waals surface area contributed by atoms with Crippen LogP contribution in [0.2, 0.25) is 0 Å². The lowest BCUT2D eigenvalue weighted by atomic mass is 10.1. The number of carbonyl (C=O) groups is 2. The summed E-state index contributed by atoms with van der Waals surface area (Å²) in [7, 11) is 0. The Morgan fingerprint density at radius 2 is 2.00 bits per heavy atom. The summed E-state index contributed by atoms with van der Waals surface area (Å²) < 4.78 is 0. The van der Waals surface area contributed by atoms with E-state index in [2.05, 4.69) is 30.3 Å². The van der Waals surface area contributed by atoms with Crippen LogP contribution in [0.5, 0.6) is 0 Å². The molecule has 3 nitrogen and oxygen atoms in total. The third kappa shape index (κ3) is 3.50. The van der Waals surface area contributed by atoms with Crippen LogP contribution >= 0.6 is 11.8 Å². The second-order valence-corrected chi connectivity index (χ2v) is 7.18. The number of fused-ring (bicyclic) bond motifs is 1. The number of thioether (sulfide) groups is 1. The Morgan fingerprint density at radius 3 is 2.77 bits per heavy atom. The smallest absolute Gasteiger partial charge is 0.223 e. The van der Waals surface area contributed by atoms with Gasteiger partial charge in [0.2, 0.25) is 5.91 Å². The SMILES string of the molecule is CC(=O)SC1CC(=O)N(CCc2ccc3ccccc3c2)C1. The highest BCUT2D eigenvalue weighted by Gasteiger charge is 2.30. The van der Waals surface area contributed by atoms with Crippen molar-refractivity contribution in [1.29, 1.82) is 0 Å². The highest BCUT2D eigenvalue weighted by Crippen LogP contribution is 2.24. The number of carbonyl (C=O) groups excluding carboxylic acids is 2. The van der Waals surface area contributed by atoms with Gasteiger partial charge in [-0.3, -0.25) is 9.59 Å². The van der Waals surface area contributed by atoms with E-state index in [1.54, 1.807) is 6.92 Å². The van der Waals surface area contributed by atoms with E-state index in [0.717, 1.165) is 13.0 Å². The first-order valence-corrected chi connectivity index (χ1v) is 8.42. The molecule has 114 valence electrons. The lowest BCUT2D eigenvalue weighted by Gasteiger charge is -2.16. The zero-order chi connectivity index (χ0) is 15.5. The van der Waals surface area contributed by atoms with Crippen molar-refractivity contribution in [3.05, 3.63) is 48.0 Å². The first-order chi connectivity index (χ1) is 10.6. The molecule has 1 aliphatic heterocycles. The monoisotopic (exact) mass is 313 g/mol. The van der Waals surface area contributed by atoms with Crippen LogP contribution in [-0.2, 0) is 16.0 Å². The molecule has 3 rings (SSSR count). The molecule has 2 aromatic rings. The maximum Gasteiger partial charge on any atom is 0.223 e. The molecule has 1 unspecified atom stereocenters. The molecule has 1 heterocycles. The fraction of sp³-hybridized carbons (Fsp3) is 0.333. The Bertz CT molecular complexity index is 713. The van der Waals surface area contributed by atoms with Crippen molar-refractivity contribution in [1.82, 2.24) is 4.90 Å². The zero-order valence-electron chi connectivity index (χ0n) is 12.6. The van der Waals surface area contributed by atoms with Crippen molar-refractivity contribution in [2.24, 2.45) is 0 Å². The second-order valence-electron chi connectivity index (χ2n) is 5.71. The number of likely N-dealkylation sites (tertiary alicyclic amines) is 1. The van der Waals surface area contributed by atoms with Gasteiger partial charge in [0.25, 0.3) is 0 Å². The molecule has 0 bridgehead atoms. The van der Waals surface area contributed by atoms with Gasteiger partial charge >= 0.3 is 0 Å². The topological polar surface area (TPSA) is 37.4 Å². The Balaban J connectivity index is 1.61. The van der Waals surface area contributed by atoms with E-state index in [4.69, 9.17) is 0 Å². The van der Waals surface area contributed by atoms with Crippen LogP contribution in [-0.4, -0.2) is 34.3 Å². The molecule has 0 saturated carbocycles. The lowest BCUT2D eigenvalue weighted by molar-refractivity contribution is -0.127. The van der Waals surface area contributed by atoms with E-state index in [1.807, 2.05) is 17.0 Å². The molecule has 22 heavy (non-hydrogen) atoms. The Kier molecular flexibility index (Phi) is 4.48. The van der Waals surface area contributed by atoms with E-state index in [-0.39, 0.29) is 16.3 Å².